The van der Waals surface area contributed by atoms with Gasteiger partial charge >= 0.3 is 0 Å². The van der Waals surface area contributed by atoms with Gasteiger partial charge in [0, 0.05) is 10.3 Å². The summed E-state index contributed by atoms with van der Waals surface area (Å²) in [6, 6.07) is 19.4. The second-order valence-electron chi connectivity index (χ2n) is 7.45. The predicted octanol–water partition coefficient (Wildman–Crippen LogP) is 5.45. The van der Waals surface area contributed by atoms with Gasteiger partial charge < -0.3 is 15.4 Å². The number of nitrogens with zero attached hydrogens (tertiary/aromatic N) is 1. The summed E-state index contributed by atoms with van der Waals surface area (Å²) in [5, 5.41) is 9.92. The third-order valence-electron chi connectivity index (χ3n) is 4.70. The van der Waals surface area contributed by atoms with E-state index < -0.39 is 0 Å². The van der Waals surface area contributed by atoms with Gasteiger partial charge in [-0.2, -0.15) is 0 Å². The van der Waals surface area contributed by atoms with Crippen molar-refractivity contribution in [2.24, 2.45) is 0 Å². The van der Waals surface area contributed by atoms with E-state index in [4.69, 9.17) is 4.74 Å². The van der Waals surface area contributed by atoms with Gasteiger partial charge in [-0.25, -0.2) is 4.98 Å². The van der Waals surface area contributed by atoms with E-state index in [2.05, 4.69) is 15.6 Å². The molecule has 2 aromatic heterocycles. The number of nitrogens with one attached hydrogen (secondary N) is 2. The van der Waals surface area contributed by atoms with Crippen molar-refractivity contribution in [1.29, 1.82) is 0 Å². The molecule has 2 N–H and O–H groups in total. The number of aromatic nitrogens is 1. The molecule has 2 heterocycles. The molecule has 0 aliphatic carbocycles. The Bertz CT molecular complexity index is 1220. The largest absolute Gasteiger partial charge is 0.487 e. The molecule has 2 aromatic carbocycles. The molecule has 0 unspecified atom stereocenters. The van der Waals surface area contributed by atoms with Crippen LogP contribution in [-0.4, -0.2) is 16.8 Å². The van der Waals surface area contributed by atoms with Crippen LogP contribution in [0.25, 0.3) is 0 Å². The van der Waals surface area contributed by atoms with E-state index in [1.807, 2.05) is 73.0 Å². The lowest BCUT2D eigenvalue weighted by Crippen LogP contribution is -2.16. The van der Waals surface area contributed by atoms with Crippen LogP contribution in [0.15, 0.2) is 71.4 Å². The van der Waals surface area contributed by atoms with Crippen LogP contribution in [0, 0.1) is 6.92 Å². The number of thiophene rings is 1. The fourth-order valence-corrected chi connectivity index (χ4v) is 4.56. The van der Waals surface area contributed by atoms with E-state index in [1.165, 1.54) is 22.7 Å². The third kappa shape index (κ3) is 6.74. The first-order valence-electron chi connectivity index (χ1n) is 10.4. The van der Waals surface area contributed by atoms with Crippen LogP contribution in [-0.2, 0) is 29.0 Å². The molecule has 0 atom stereocenters. The molecule has 4 rings (SSSR count). The van der Waals surface area contributed by atoms with Crippen molar-refractivity contribution < 1.29 is 14.3 Å². The van der Waals surface area contributed by atoms with Crippen molar-refractivity contribution in [1.82, 2.24) is 4.98 Å². The lowest BCUT2D eigenvalue weighted by Gasteiger charge is -2.13. The smallest absolute Gasteiger partial charge is 0.231 e. The maximum atomic E-state index is 12.6. The number of benzene rings is 2. The Morgan fingerprint density at radius 2 is 1.76 bits per heavy atom. The molecular weight excluding hydrogens is 454 g/mol. The van der Waals surface area contributed by atoms with E-state index in [9.17, 15) is 9.59 Å². The van der Waals surface area contributed by atoms with Gasteiger partial charge in [-0.05, 0) is 41.6 Å². The molecule has 4 aromatic rings. The van der Waals surface area contributed by atoms with E-state index in [0.717, 1.165) is 16.0 Å². The number of hydrogen-bond donors (Lipinski definition) is 2. The first-order valence-corrected chi connectivity index (χ1v) is 12.1. The fraction of sp³-hybridized carbons (Fsp3) is 0.160. The molecule has 0 saturated carbocycles. The van der Waals surface area contributed by atoms with Gasteiger partial charge in [0.1, 0.15) is 12.4 Å². The summed E-state index contributed by atoms with van der Waals surface area (Å²) in [4.78, 5) is 30.2. The topological polar surface area (TPSA) is 80.3 Å². The maximum Gasteiger partial charge on any atom is 0.231 e. The summed E-state index contributed by atoms with van der Waals surface area (Å²) in [5.41, 5.74) is 3.30. The molecule has 0 saturated heterocycles. The number of amides is 2. The quantitative estimate of drug-likeness (QED) is 0.336. The normalized spacial score (nSPS) is 10.6. The van der Waals surface area contributed by atoms with Crippen LogP contribution in [0.2, 0.25) is 0 Å². The third-order valence-corrected chi connectivity index (χ3v) is 6.39. The molecular formula is C25H23N3O3S2. The van der Waals surface area contributed by atoms with Crippen LogP contribution in [0.1, 0.15) is 21.7 Å². The molecule has 6 nitrogen and oxygen atoms in total. The average molecular weight is 478 g/mol. The SMILES string of the molecule is Cc1ccc(NC(=O)Cc2csc(NC(=O)Cc3cccs3)n2)c(OCc2ccccc2)c1. The monoisotopic (exact) mass is 477 g/mol. The minimum Gasteiger partial charge on any atom is -0.487 e. The lowest BCUT2D eigenvalue weighted by molar-refractivity contribution is -0.116. The molecule has 168 valence electrons. The number of thiazole rings is 1. The van der Waals surface area contributed by atoms with Crippen molar-refractivity contribution in [3.63, 3.8) is 0 Å². The van der Waals surface area contributed by atoms with Crippen LogP contribution < -0.4 is 15.4 Å². The van der Waals surface area contributed by atoms with Gasteiger partial charge in [0.2, 0.25) is 11.8 Å². The Kier molecular flexibility index (Phi) is 7.49. The standard InChI is InChI=1S/C25H23N3O3S2/c1-17-9-10-21(22(12-17)31-15-18-6-3-2-4-7-18)27-23(29)13-19-16-33-25(26-19)28-24(30)14-20-8-5-11-32-20/h2-12,16H,13-15H2,1H3,(H,27,29)(H,26,28,30). The molecule has 33 heavy (non-hydrogen) atoms. The summed E-state index contributed by atoms with van der Waals surface area (Å²) in [6.45, 7) is 2.39. The molecule has 8 heteroatoms. The van der Waals surface area contributed by atoms with Crippen molar-refractivity contribution in [2.75, 3.05) is 10.6 Å². The number of ether oxygens (including phenoxy) is 1. The molecule has 2 amide bonds. The summed E-state index contributed by atoms with van der Waals surface area (Å²) in [5.74, 6) is 0.292. The number of hydrogen-bond acceptors (Lipinski definition) is 6. The highest BCUT2D eigenvalue weighted by molar-refractivity contribution is 7.14. The number of rotatable bonds is 9. The van der Waals surface area contributed by atoms with Crippen molar-refractivity contribution in [3.05, 3.63) is 93.1 Å². The summed E-state index contributed by atoms with van der Waals surface area (Å²) in [6.07, 6.45) is 0.412. The van der Waals surface area contributed by atoms with Gasteiger partial charge in [0.05, 0.1) is 24.2 Å². The van der Waals surface area contributed by atoms with Crippen LogP contribution >= 0.6 is 22.7 Å². The summed E-state index contributed by atoms with van der Waals surface area (Å²) >= 11 is 2.84. The number of carbonyl (C=O) groups is 2. The number of carbonyl (C=O) groups excluding carboxylic acids is 2. The van der Waals surface area contributed by atoms with Crippen molar-refractivity contribution in [3.8, 4) is 5.75 Å². The summed E-state index contributed by atoms with van der Waals surface area (Å²) < 4.78 is 5.97. The first kappa shape index (κ1) is 22.7. The van der Waals surface area contributed by atoms with Gasteiger partial charge in [0.25, 0.3) is 0 Å². The zero-order valence-electron chi connectivity index (χ0n) is 18.0. The Hall–Kier alpha value is -3.49. The van der Waals surface area contributed by atoms with Crippen LogP contribution in [0.5, 0.6) is 5.75 Å². The second-order valence-corrected chi connectivity index (χ2v) is 9.34. The zero-order valence-corrected chi connectivity index (χ0v) is 19.7. The minimum absolute atomic E-state index is 0.100. The minimum atomic E-state index is -0.204. The van der Waals surface area contributed by atoms with Crippen molar-refractivity contribution >= 4 is 45.3 Å². The Labute approximate surface area is 200 Å². The van der Waals surface area contributed by atoms with Crippen molar-refractivity contribution in [2.45, 2.75) is 26.4 Å². The van der Waals surface area contributed by atoms with Gasteiger partial charge in [-0.3, -0.25) is 9.59 Å². The van der Waals surface area contributed by atoms with Gasteiger partial charge in [0.15, 0.2) is 5.13 Å². The Morgan fingerprint density at radius 3 is 2.55 bits per heavy atom. The number of aryl methyl sites for hydroxylation is 1. The van der Waals surface area contributed by atoms with Gasteiger partial charge in [-0.15, -0.1) is 22.7 Å². The van der Waals surface area contributed by atoms with E-state index in [-0.39, 0.29) is 18.2 Å². The Balaban J connectivity index is 1.33. The molecule has 0 aliphatic heterocycles. The molecule has 0 fully saturated rings. The van der Waals surface area contributed by atoms with Crippen LogP contribution in [0.3, 0.4) is 0 Å². The predicted molar refractivity (Wildman–Crippen MR) is 133 cm³/mol. The number of anilines is 2. The molecule has 0 spiro atoms. The second kappa shape index (κ2) is 10.9. The highest BCUT2D eigenvalue weighted by atomic mass is 32.1. The average Bonchev–Trinajstić information content (AvgIpc) is 3.46. The summed E-state index contributed by atoms with van der Waals surface area (Å²) in [7, 11) is 0. The highest BCUT2D eigenvalue weighted by Crippen LogP contribution is 2.27. The Morgan fingerprint density at radius 1 is 0.939 bits per heavy atom. The molecule has 0 radical (unpaired) electrons. The van der Waals surface area contributed by atoms with E-state index in [1.54, 1.807) is 5.38 Å². The first-order chi connectivity index (χ1) is 16.0. The fourth-order valence-electron chi connectivity index (χ4n) is 3.13. The highest BCUT2D eigenvalue weighted by Gasteiger charge is 2.13. The van der Waals surface area contributed by atoms with E-state index in [0.29, 0.717) is 35.3 Å². The molecule has 0 aliphatic rings. The lowest BCUT2D eigenvalue weighted by atomic mass is 10.2. The zero-order chi connectivity index (χ0) is 23.0. The molecule has 0 bridgehead atoms. The maximum absolute atomic E-state index is 12.6. The van der Waals surface area contributed by atoms with Gasteiger partial charge in [-0.1, -0.05) is 42.5 Å². The van der Waals surface area contributed by atoms with Crippen LogP contribution in [0.4, 0.5) is 10.8 Å². The van der Waals surface area contributed by atoms with E-state index >= 15 is 0 Å².